The van der Waals surface area contributed by atoms with E-state index >= 15 is 0 Å². The Hall–Kier alpha value is -5.59. The molecule has 0 aliphatic carbocycles. The lowest BCUT2D eigenvalue weighted by Crippen LogP contribution is -1.97. The second-order valence-corrected chi connectivity index (χ2v) is 10.2. The maximum Gasteiger partial charge on any atom is 0.0991 e. The van der Waals surface area contributed by atoms with Gasteiger partial charge in [0.15, 0.2) is 0 Å². The number of benzene rings is 6. The average molecular weight is 510 g/mol. The minimum absolute atomic E-state index is 0.663. The van der Waals surface area contributed by atoms with Crippen molar-refractivity contribution in [2.45, 2.75) is 0 Å². The molecule has 8 aromatic rings. The summed E-state index contributed by atoms with van der Waals surface area (Å²) < 4.78 is 4.68. The van der Waals surface area contributed by atoms with Gasteiger partial charge < -0.3 is 9.13 Å². The largest absolute Gasteiger partial charge is 0.309 e. The Morgan fingerprint density at radius 2 is 1.00 bits per heavy atom. The van der Waals surface area contributed by atoms with Gasteiger partial charge in [-0.1, -0.05) is 84.9 Å². The number of aromatic nitrogens is 2. The van der Waals surface area contributed by atoms with Gasteiger partial charge in [0, 0.05) is 32.9 Å². The van der Waals surface area contributed by atoms with Crippen LogP contribution in [0.1, 0.15) is 5.56 Å². The third-order valence-corrected chi connectivity index (χ3v) is 7.93. The highest BCUT2D eigenvalue weighted by molar-refractivity contribution is 6.12. The number of hydrogen-bond donors (Lipinski definition) is 0. The summed E-state index contributed by atoms with van der Waals surface area (Å²) in [6.45, 7) is 0. The summed E-state index contributed by atoms with van der Waals surface area (Å²) in [6, 6.07) is 51.4. The van der Waals surface area contributed by atoms with Crippen molar-refractivity contribution < 1.29 is 0 Å². The van der Waals surface area contributed by atoms with Crippen LogP contribution in [0.15, 0.2) is 140 Å². The molecule has 8 rings (SSSR count). The van der Waals surface area contributed by atoms with Crippen LogP contribution in [-0.2, 0) is 0 Å². The molecule has 0 atom stereocenters. The van der Waals surface area contributed by atoms with Gasteiger partial charge in [-0.15, -0.1) is 0 Å². The standard InChI is InChI=1S/C37H23N3/c38-24-25-17-20-36-33(21-25)32-19-18-29(39-34-15-6-4-13-30(34)31-14-5-7-16-35(31)39)23-37(32)40(36)28-12-8-11-27(22-28)26-9-2-1-3-10-26/h1-23H. The predicted octanol–water partition coefficient (Wildman–Crippen LogP) is 9.42. The molecule has 2 heterocycles. The first-order valence-corrected chi connectivity index (χ1v) is 13.4. The first kappa shape index (κ1) is 22.4. The van der Waals surface area contributed by atoms with Crippen LogP contribution in [0.5, 0.6) is 0 Å². The molecule has 0 saturated heterocycles. The van der Waals surface area contributed by atoms with Crippen molar-refractivity contribution in [1.29, 1.82) is 5.26 Å². The van der Waals surface area contributed by atoms with Gasteiger partial charge in [0.2, 0.25) is 0 Å². The summed E-state index contributed by atoms with van der Waals surface area (Å²) in [6.07, 6.45) is 0. The SMILES string of the molecule is N#Cc1ccc2c(c1)c1ccc(-n3c4ccccc4c4ccccc43)cc1n2-c1cccc(-c2ccccc2)c1. The van der Waals surface area contributed by atoms with E-state index in [2.05, 4.69) is 137 Å². The van der Waals surface area contributed by atoms with Crippen molar-refractivity contribution in [3.8, 4) is 28.6 Å². The summed E-state index contributed by atoms with van der Waals surface area (Å²) in [5, 5.41) is 14.4. The van der Waals surface area contributed by atoms with Gasteiger partial charge in [-0.3, -0.25) is 0 Å². The Bertz CT molecular complexity index is 2220. The molecule has 0 saturated carbocycles. The van der Waals surface area contributed by atoms with E-state index in [0.717, 1.165) is 33.2 Å². The average Bonchev–Trinajstić information content (AvgIpc) is 3.53. The number of fused-ring (bicyclic) bond motifs is 6. The first-order chi connectivity index (χ1) is 19.8. The van der Waals surface area contributed by atoms with E-state index in [1.165, 1.54) is 32.9 Å². The summed E-state index contributed by atoms with van der Waals surface area (Å²) in [5.41, 5.74) is 9.76. The minimum Gasteiger partial charge on any atom is -0.309 e. The second-order valence-electron chi connectivity index (χ2n) is 10.2. The lowest BCUT2D eigenvalue weighted by Gasteiger charge is -2.12. The molecule has 0 N–H and O–H groups in total. The molecule has 0 aliphatic rings. The smallest absolute Gasteiger partial charge is 0.0991 e. The van der Waals surface area contributed by atoms with Crippen LogP contribution in [0.3, 0.4) is 0 Å². The molecule has 0 aliphatic heterocycles. The number of hydrogen-bond acceptors (Lipinski definition) is 1. The minimum atomic E-state index is 0.663. The zero-order valence-corrected chi connectivity index (χ0v) is 21.6. The van der Waals surface area contributed by atoms with E-state index in [4.69, 9.17) is 0 Å². The molecule has 0 spiro atoms. The molecule has 0 amide bonds. The van der Waals surface area contributed by atoms with Gasteiger partial charge in [-0.2, -0.15) is 5.26 Å². The van der Waals surface area contributed by atoms with E-state index in [0.29, 0.717) is 5.56 Å². The lowest BCUT2D eigenvalue weighted by atomic mass is 10.1. The van der Waals surface area contributed by atoms with E-state index < -0.39 is 0 Å². The predicted molar refractivity (Wildman–Crippen MR) is 165 cm³/mol. The van der Waals surface area contributed by atoms with E-state index in [9.17, 15) is 5.26 Å². The molecule has 186 valence electrons. The van der Waals surface area contributed by atoms with Gasteiger partial charge >= 0.3 is 0 Å². The number of para-hydroxylation sites is 2. The van der Waals surface area contributed by atoms with Crippen LogP contribution in [0, 0.1) is 11.3 Å². The van der Waals surface area contributed by atoms with Crippen LogP contribution < -0.4 is 0 Å². The monoisotopic (exact) mass is 509 g/mol. The van der Waals surface area contributed by atoms with Crippen molar-refractivity contribution in [2.24, 2.45) is 0 Å². The molecule has 0 unspecified atom stereocenters. The van der Waals surface area contributed by atoms with Crippen LogP contribution in [0.4, 0.5) is 0 Å². The molecule has 3 nitrogen and oxygen atoms in total. The molecular weight excluding hydrogens is 486 g/mol. The highest BCUT2D eigenvalue weighted by Crippen LogP contribution is 2.37. The molecular formula is C37H23N3. The maximum atomic E-state index is 9.67. The Balaban J connectivity index is 1.45. The highest BCUT2D eigenvalue weighted by Gasteiger charge is 2.17. The van der Waals surface area contributed by atoms with Gasteiger partial charge in [0.25, 0.3) is 0 Å². The quantitative estimate of drug-likeness (QED) is 0.233. The summed E-state index contributed by atoms with van der Waals surface area (Å²) >= 11 is 0. The van der Waals surface area contributed by atoms with Gasteiger partial charge in [-0.25, -0.2) is 0 Å². The molecule has 6 aromatic carbocycles. The van der Waals surface area contributed by atoms with E-state index in [1.807, 2.05) is 18.2 Å². The summed E-state index contributed by atoms with van der Waals surface area (Å²) in [4.78, 5) is 0. The Morgan fingerprint density at radius 3 is 1.75 bits per heavy atom. The highest BCUT2D eigenvalue weighted by atomic mass is 15.0. The molecule has 0 fully saturated rings. The van der Waals surface area contributed by atoms with E-state index in [1.54, 1.807) is 0 Å². The molecule has 3 heteroatoms. The van der Waals surface area contributed by atoms with Gasteiger partial charge in [-0.05, 0) is 65.7 Å². The zero-order chi connectivity index (χ0) is 26.6. The van der Waals surface area contributed by atoms with Crippen molar-refractivity contribution in [2.75, 3.05) is 0 Å². The topological polar surface area (TPSA) is 33.6 Å². The van der Waals surface area contributed by atoms with Gasteiger partial charge in [0.05, 0.1) is 33.7 Å². The van der Waals surface area contributed by atoms with Crippen LogP contribution in [-0.4, -0.2) is 9.13 Å². The molecule has 0 bridgehead atoms. The lowest BCUT2D eigenvalue weighted by molar-refractivity contribution is 1.15. The van der Waals surface area contributed by atoms with Crippen molar-refractivity contribution >= 4 is 43.6 Å². The van der Waals surface area contributed by atoms with Crippen molar-refractivity contribution in [3.05, 3.63) is 145 Å². The Labute approximate surface area is 231 Å². The molecule has 0 radical (unpaired) electrons. The van der Waals surface area contributed by atoms with Crippen molar-refractivity contribution in [3.63, 3.8) is 0 Å². The molecule has 40 heavy (non-hydrogen) atoms. The molecule has 2 aromatic heterocycles. The van der Waals surface area contributed by atoms with E-state index in [-0.39, 0.29) is 0 Å². The number of rotatable bonds is 3. The zero-order valence-electron chi connectivity index (χ0n) is 21.6. The third kappa shape index (κ3) is 3.30. The fraction of sp³-hybridized carbons (Fsp3) is 0. The van der Waals surface area contributed by atoms with Crippen LogP contribution >= 0.6 is 0 Å². The van der Waals surface area contributed by atoms with Crippen LogP contribution in [0.2, 0.25) is 0 Å². The summed E-state index contributed by atoms with van der Waals surface area (Å²) in [5.74, 6) is 0. The Kier molecular flexibility index (Phi) is 4.89. The first-order valence-electron chi connectivity index (χ1n) is 13.4. The number of nitrogens with zero attached hydrogens (tertiary/aromatic N) is 3. The van der Waals surface area contributed by atoms with Crippen LogP contribution in [0.25, 0.3) is 66.1 Å². The fourth-order valence-electron chi connectivity index (χ4n) is 6.15. The second kappa shape index (κ2) is 8.73. The normalized spacial score (nSPS) is 11.5. The number of nitriles is 1. The Morgan fingerprint density at radius 1 is 0.400 bits per heavy atom. The van der Waals surface area contributed by atoms with Gasteiger partial charge in [0.1, 0.15) is 0 Å². The third-order valence-electron chi connectivity index (χ3n) is 7.93. The summed E-state index contributed by atoms with van der Waals surface area (Å²) in [7, 11) is 0. The fourth-order valence-corrected chi connectivity index (χ4v) is 6.15. The maximum absolute atomic E-state index is 9.67. The van der Waals surface area contributed by atoms with Crippen molar-refractivity contribution in [1.82, 2.24) is 9.13 Å².